The van der Waals surface area contributed by atoms with Gasteiger partial charge in [-0.15, -0.1) is 0 Å². The Hall–Kier alpha value is -4.46. The number of phenols is 1. The minimum absolute atomic E-state index is 0.0223. The van der Waals surface area contributed by atoms with Crippen LogP contribution in [0.15, 0.2) is 47.6 Å². The summed E-state index contributed by atoms with van der Waals surface area (Å²) in [4.78, 5) is 34.3. The van der Waals surface area contributed by atoms with E-state index in [1.807, 2.05) is 0 Å². The van der Waals surface area contributed by atoms with Crippen LogP contribution in [0.4, 0.5) is 24.7 Å². The third kappa shape index (κ3) is 5.91. The van der Waals surface area contributed by atoms with Crippen molar-refractivity contribution in [1.29, 1.82) is 0 Å². The first-order valence-corrected chi connectivity index (χ1v) is 14.1. The van der Waals surface area contributed by atoms with Gasteiger partial charge in [-0.1, -0.05) is 5.16 Å². The smallest absolute Gasteiger partial charge is 0.437 e. The van der Waals surface area contributed by atoms with Gasteiger partial charge < -0.3 is 25.0 Å². The molecule has 2 fully saturated rings. The van der Waals surface area contributed by atoms with Crippen LogP contribution in [0.3, 0.4) is 0 Å². The lowest BCUT2D eigenvalue weighted by Gasteiger charge is -2.30. The Balaban J connectivity index is 1.11. The largest absolute Gasteiger partial charge is 0.507 e. The van der Waals surface area contributed by atoms with Gasteiger partial charge in [0.1, 0.15) is 12.0 Å². The Morgan fingerprint density at radius 3 is 2.51 bits per heavy atom. The van der Waals surface area contributed by atoms with E-state index in [1.165, 1.54) is 35.1 Å². The second-order valence-corrected chi connectivity index (χ2v) is 10.9. The van der Waals surface area contributed by atoms with Gasteiger partial charge in [0.05, 0.1) is 23.0 Å². The van der Waals surface area contributed by atoms with Crippen LogP contribution in [0.25, 0.3) is 16.9 Å². The number of carbonyl (C=O) groups excluding carboxylic acids is 2. The fourth-order valence-electron chi connectivity index (χ4n) is 5.78. The van der Waals surface area contributed by atoms with E-state index in [4.69, 9.17) is 4.74 Å². The fourth-order valence-corrected chi connectivity index (χ4v) is 5.78. The maximum absolute atomic E-state index is 13.4. The predicted molar refractivity (Wildman–Crippen MR) is 147 cm³/mol. The number of rotatable bonds is 7. The van der Waals surface area contributed by atoms with Gasteiger partial charge in [-0.05, 0) is 50.7 Å². The minimum atomic E-state index is -4.71. The zero-order chi connectivity index (χ0) is 30.1. The molecule has 1 aliphatic carbocycles. The van der Waals surface area contributed by atoms with Crippen LogP contribution in [0.2, 0.25) is 0 Å². The summed E-state index contributed by atoms with van der Waals surface area (Å²) in [5.41, 5.74) is -0.503. The number of hydrogen-bond donors (Lipinski definition) is 3. The van der Waals surface area contributed by atoms with Gasteiger partial charge in [0.2, 0.25) is 5.91 Å². The van der Waals surface area contributed by atoms with Crippen LogP contribution >= 0.6 is 0 Å². The average Bonchev–Trinajstić information content (AvgIpc) is 3.66. The summed E-state index contributed by atoms with van der Waals surface area (Å²) >= 11 is 0. The number of Topliss-reactive ketones (excluding diaryl/α,β-unsaturated/α-hetero) is 1. The number of imidazole rings is 1. The SMILES string of the molecule is O=C(NC1CCC(C(=O)c2ccc(Nc3nccn4c(-c5conc5C(F)(F)F)cnc34)cc2O)CC1)C1CCOCC1. The molecule has 3 N–H and O–H groups in total. The highest BCUT2D eigenvalue weighted by atomic mass is 19.4. The van der Waals surface area contributed by atoms with E-state index in [-0.39, 0.29) is 63.6 Å². The number of alkyl halides is 3. The summed E-state index contributed by atoms with van der Waals surface area (Å²) in [7, 11) is 0. The number of halogens is 3. The van der Waals surface area contributed by atoms with Gasteiger partial charge in [0.15, 0.2) is 22.9 Å². The van der Waals surface area contributed by atoms with Crippen molar-refractivity contribution < 1.29 is 37.1 Å². The van der Waals surface area contributed by atoms with Gasteiger partial charge in [0, 0.05) is 55.2 Å². The number of nitrogens with one attached hydrogen (secondary N) is 2. The molecule has 3 aromatic heterocycles. The van der Waals surface area contributed by atoms with Crippen molar-refractivity contribution in [2.24, 2.45) is 11.8 Å². The summed E-state index contributed by atoms with van der Waals surface area (Å²) < 4.78 is 51.4. The van der Waals surface area contributed by atoms with Crippen LogP contribution in [0, 0.1) is 11.8 Å². The molecule has 14 heteroatoms. The molecule has 0 radical (unpaired) electrons. The number of aromatic nitrogens is 4. The topological polar surface area (TPSA) is 144 Å². The summed E-state index contributed by atoms with van der Waals surface area (Å²) in [6.07, 6.45) is 4.34. The van der Waals surface area contributed by atoms with Gasteiger partial charge in [-0.25, -0.2) is 9.97 Å². The van der Waals surface area contributed by atoms with Crippen molar-refractivity contribution in [1.82, 2.24) is 24.8 Å². The molecular weight excluding hydrogens is 569 g/mol. The van der Waals surface area contributed by atoms with Crippen molar-refractivity contribution in [2.75, 3.05) is 18.5 Å². The maximum Gasteiger partial charge on any atom is 0.437 e. The fraction of sp³-hybridized carbons (Fsp3) is 0.414. The third-order valence-electron chi connectivity index (χ3n) is 8.10. The summed E-state index contributed by atoms with van der Waals surface area (Å²) in [6, 6.07) is 4.57. The number of benzene rings is 1. The van der Waals surface area contributed by atoms with E-state index in [1.54, 1.807) is 6.07 Å². The van der Waals surface area contributed by atoms with Crippen LogP contribution in [0.1, 0.15) is 54.6 Å². The molecule has 1 aromatic carbocycles. The Morgan fingerprint density at radius 2 is 1.79 bits per heavy atom. The predicted octanol–water partition coefficient (Wildman–Crippen LogP) is 5.14. The lowest BCUT2D eigenvalue weighted by atomic mass is 9.81. The van der Waals surface area contributed by atoms with Crippen LogP contribution in [0.5, 0.6) is 5.75 Å². The lowest BCUT2D eigenvalue weighted by Crippen LogP contribution is -2.43. The van der Waals surface area contributed by atoms with E-state index in [0.29, 0.717) is 44.6 Å². The normalized spacial score (nSPS) is 19.8. The molecule has 1 aliphatic heterocycles. The molecule has 4 heterocycles. The Labute approximate surface area is 243 Å². The number of ether oxygens (including phenoxy) is 1. The standard InChI is InChI=1S/C29H29F3N6O5/c30-29(31,32)25-21(15-43-37-25)22-14-34-27-26(33-9-10-38(22)27)35-19-5-6-20(23(39)13-19)24(40)16-1-3-18(4-2-16)36-28(41)17-7-11-42-12-8-17/h5-6,9-10,13-18,39H,1-4,7-8,11-12H2,(H,33,35)(H,36,41). The number of hydrogen-bond acceptors (Lipinski definition) is 9. The monoisotopic (exact) mass is 598 g/mol. The average molecular weight is 599 g/mol. The molecule has 1 saturated carbocycles. The van der Waals surface area contributed by atoms with E-state index in [0.717, 1.165) is 19.1 Å². The molecular formula is C29H29F3N6O5. The Morgan fingerprint density at radius 1 is 1.02 bits per heavy atom. The highest BCUT2D eigenvalue weighted by Gasteiger charge is 2.39. The molecule has 0 unspecified atom stereocenters. The zero-order valence-corrected chi connectivity index (χ0v) is 22.9. The molecule has 0 bridgehead atoms. The van der Waals surface area contributed by atoms with E-state index < -0.39 is 11.9 Å². The first-order valence-electron chi connectivity index (χ1n) is 14.1. The first kappa shape index (κ1) is 28.6. The molecule has 4 aromatic rings. The van der Waals surface area contributed by atoms with Gasteiger partial charge in [-0.3, -0.25) is 14.0 Å². The Bertz CT molecular complexity index is 1640. The van der Waals surface area contributed by atoms with Crippen LogP contribution < -0.4 is 10.6 Å². The number of nitrogens with zero attached hydrogens (tertiary/aromatic N) is 4. The third-order valence-corrected chi connectivity index (χ3v) is 8.10. The van der Waals surface area contributed by atoms with Crippen molar-refractivity contribution in [2.45, 2.75) is 50.7 Å². The molecule has 226 valence electrons. The quantitative estimate of drug-likeness (QED) is 0.247. The number of aromatic hydroxyl groups is 1. The molecule has 43 heavy (non-hydrogen) atoms. The zero-order valence-electron chi connectivity index (χ0n) is 22.9. The van der Waals surface area contributed by atoms with Crippen molar-refractivity contribution in [3.05, 3.63) is 54.3 Å². The summed E-state index contributed by atoms with van der Waals surface area (Å²) in [6.45, 7) is 1.20. The maximum atomic E-state index is 13.4. The molecule has 0 spiro atoms. The summed E-state index contributed by atoms with van der Waals surface area (Å²) in [5.74, 6) is -0.381. The first-order chi connectivity index (χ1) is 20.7. The van der Waals surface area contributed by atoms with Gasteiger partial charge >= 0.3 is 6.18 Å². The molecule has 1 saturated heterocycles. The van der Waals surface area contributed by atoms with Crippen molar-refractivity contribution in [3.63, 3.8) is 0 Å². The Kier molecular flexibility index (Phi) is 7.77. The summed E-state index contributed by atoms with van der Waals surface area (Å²) in [5, 5.41) is 20.0. The molecule has 1 amide bonds. The van der Waals surface area contributed by atoms with Crippen LogP contribution in [-0.2, 0) is 15.7 Å². The molecule has 0 atom stereocenters. The highest BCUT2D eigenvalue weighted by molar-refractivity contribution is 6.00. The van der Waals surface area contributed by atoms with E-state index in [2.05, 4.69) is 30.3 Å². The minimum Gasteiger partial charge on any atom is -0.507 e. The molecule has 11 nitrogen and oxygen atoms in total. The molecule has 2 aliphatic rings. The highest BCUT2D eigenvalue weighted by Crippen LogP contribution is 2.37. The number of carbonyl (C=O) groups is 2. The second-order valence-electron chi connectivity index (χ2n) is 10.9. The number of phenolic OH excluding ortho intramolecular Hbond substituents is 1. The molecule has 6 rings (SSSR count). The van der Waals surface area contributed by atoms with Crippen LogP contribution in [-0.4, -0.2) is 55.6 Å². The second kappa shape index (κ2) is 11.7. The number of fused-ring (bicyclic) bond motifs is 1. The van der Waals surface area contributed by atoms with Gasteiger partial charge in [0.25, 0.3) is 0 Å². The number of amides is 1. The van der Waals surface area contributed by atoms with Crippen molar-refractivity contribution >= 4 is 28.8 Å². The van der Waals surface area contributed by atoms with E-state index >= 15 is 0 Å². The van der Waals surface area contributed by atoms with Gasteiger partial charge in [-0.2, -0.15) is 13.2 Å². The van der Waals surface area contributed by atoms with Crippen molar-refractivity contribution in [3.8, 4) is 17.0 Å². The number of anilines is 2. The van der Waals surface area contributed by atoms with E-state index in [9.17, 15) is 27.9 Å². The number of ketones is 1. The lowest BCUT2D eigenvalue weighted by molar-refractivity contribution is -0.142.